The van der Waals surface area contributed by atoms with Gasteiger partial charge in [-0.2, -0.15) is 0 Å². The van der Waals surface area contributed by atoms with Gasteiger partial charge < -0.3 is 20.1 Å². The molecule has 0 aliphatic heterocycles. The average molecular weight is 402 g/mol. The second kappa shape index (κ2) is 11.9. The molecule has 0 bridgehead atoms. The van der Waals surface area contributed by atoms with E-state index in [1.165, 1.54) is 7.11 Å². The molecule has 0 heterocycles. The molecular formula is C21H22O8. The zero-order chi connectivity index (χ0) is 21.8. The second-order valence-corrected chi connectivity index (χ2v) is 6.10. The van der Waals surface area contributed by atoms with E-state index in [2.05, 4.69) is 4.74 Å². The first kappa shape index (κ1) is 23.4. The van der Waals surface area contributed by atoms with Crippen LogP contribution in [-0.4, -0.2) is 46.3 Å². The highest BCUT2D eigenvalue weighted by molar-refractivity contribution is 5.73. The van der Waals surface area contributed by atoms with Gasteiger partial charge in [-0.1, -0.05) is 48.5 Å². The van der Waals surface area contributed by atoms with Gasteiger partial charge in [0.15, 0.2) is 0 Å². The van der Waals surface area contributed by atoms with Crippen molar-refractivity contribution in [3.05, 3.63) is 70.8 Å². The third kappa shape index (κ3) is 10.3. The van der Waals surface area contributed by atoms with Crippen molar-refractivity contribution in [3.8, 4) is 0 Å². The maximum absolute atomic E-state index is 11.0. The zero-order valence-electron chi connectivity index (χ0n) is 15.8. The Bertz CT molecular complexity index is 841. The minimum Gasteiger partial charge on any atom is -0.481 e. The molecule has 0 aromatic heterocycles. The summed E-state index contributed by atoms with van der Waals surface area (Å²) in [5.74, 6) is -3.05. The van der Waals surface area contributed by atoms with Gasteiger partial charge in [-0.05, 0) is 22.3 Å². The monoisotopic (exact) mass is 402 g/mol. The van der Waals surface area contributed by atoms with Crippen LogP contribution in [0.1, 0.15) is 22.3 Å². The van der Waals surface area contributed by atoms with Gasteiger partial charge in [-0.3, -0.25) is 19.2 Å². The fourth-order valence-electron chi connectivity index (χ4n) is 2.46. The molecule has 0 fully saturated rings. The quantitative estimate of drug-likeness (QED) is 0.570. The van der Waals surface area contributed by atoms with E-state index in [1.807, 2.05) is 0 Å². The SMILES string of the molecule is COC(=O)Cc1cccc(CC(=O)O)c1.O=C(O)Cc1cccc(CC(=O)O)c1. The van der Waals surface area contributed by atoms with Crippen LogP contribution in [0.25, 0.3) is 0 Å². The van der Waals surface area contributed by atoms with Crippen molar-refractivity contribution in [1.82, 2.24) is 0 Å². The Labute approximate surface area is 167 Å². The molecule has 0 radical (unpaired) electrons. The number of esters is 1. The summed E-state index contributed by atoms with van der Waals surface area (Å²) in [4.78, 5) is 42.2. The van der Waals surface area contributed by atoms with E-state index in [1.54, 1.807) is 48.5 Å². The van der Waals surface area contributed by atoms with Gasteiger partial charge in [-0.25, -0.2) is 0 Å². The lowest BCUT2D eigenvalue weighted by molar-refractivity contribution is -0.140. The molecule has 2 aromatic rings. The zero-order valence-corrected chi connectivity index (χ0v) is 15.8. The van der Waals surface area contributed by atoms with E-state index in [4.69, 9.17) is 15.3 Å². The standard InChI is InChI=1S/C11H12O4.C10H10O4/c1-15-11(14)7-9-4-2-3-8(5-9)6-10(12)13;11-9(12)5-7-2-1-3-8(4-7)6-10(13)14/h2-5H,6-7H2,1H3,(H,12,13);1-4H,5-6H2,(H,11,12)(H,13,14). The lowest BCUT2D eigenvalue weighted by Gasteiger charge is -2.02. The number of hydrogen-bond donors (Lipinski definition) is 3. The van der Waals surface area contributed by atoms with E-state index < -0.39 is 17.9 Å². The van der Waals surface area contributed by atoms with E-state index >= 15 is 0 Å². The smallest absolute Gasteiger partial charge is 0.309 e. The van der Waals surface area contributed by atoms with Crippen LogP contribution in [0.15, 0.2) is 48.5 Å². The number of carbonyl (C=O) groups excluding carboxylic acids is 1. The molecule has 0 aliphatic carbocycles. The summed E-state index contributed by atoms with van der Waals surface area (Å²) in [5.41, 5.74) is 2.69. The summed E-state index contributed by atoms with van der Waals surface area (Å²) in [7, 11) is 1.32. The van der Waals surface area contributed by atoms with Gasteiger partial charge in [-0.15, -0.1) is 0 Å². The van der Waals surface area contributed by atoms with Crippen molar-refractivity contribution in [3.63, 3.8) is 0 Å². The van der Waals surface area contributed by atoms with Crippen molar-refractivity contribution >= 4 is 23.9 Å². The van der Waals surface area contributed by atoms with Crippen LogP contribution < -0.4 is 0 Å². The molecule has 0 atom stereocenters. The fraction of sp³-hybridized carbons (Fsp3) is 0.238. The number of carboxylic acid groups (broad SMARTS) is 3. The van der Waals surface area contributed by atoms with Crippen molar-refractivity contribution in [1.29, 1.82) is 0 Å². The number of carboxylic acids is 3. The lowest BCUT2D eigenvalue weighted by Crippen LogP contribution is -2.05. The molecule has 0 aliphatic rings. The summed E-state index contributed by atoms with van der Waals surface area (Å²) in [6.07, 6.45) is -0.0140. The third-order valence-electron chi connectivity index (χ3n) is 3.62. The van der Waals surface area contributed by atoms with Crippen LogP contribution in [0.5, 0.6) is 0 Å². The molecule has 0 unspecified atom stereocenters. The number of benzene rings is 2. The second-order valence-electron chi connectivity index (χ2n) is 6.10. The van der Waals surface area contributed by atoms with Gasteiger partial charge >= 0.3 is 23.9 Å². The van der Waals surface area contributed by atoms with Crippen LogP contribution in [0.2, 0.25) is 0 Å². The minimum atomic E-state index is -0.919. The molecule has 0 saturated heterocycles. The first-order valence-corrected chi connectivity index (χ1v) is 8.57. The molecule has 0 amide bonds. The van der Waals surface area contributed by atoms with Crippen molar-refractivity contribution in [2.24, 2.45) is 0 Å². The molecule has 2 rings (SSSR count). The molecule has 29 heavy (non-hydrogen) atoms. The Hall–Kier alpha value is -3.68. The van der Waals surface area contributed by atoms with Gasteiger partial charge in [0.05, 0.1) is 32.8 Å². The van der Waals surface area contributed by atoms with Crippen LogP contribution in [0, 0.1) is 0 Å². The van der Waals surface area contributed by atoms with Crippen LogP contribution >= 0.6 is 0 Å². The predicted molar refractivity (Wildman–Crippen MR) is 103 cm³/mol. The lowest BCUT2D eigenvalue weighted by atomic mass is 10.1. The highest BCUT2D eigenvalue weighted by Crippen LogP contribution is 2.08. The Balaban J connectivity index is 0.000000291. The fourth-order valence-corrected chi connectivity index (χ4v) is 2.46. The first-order valence-electron chi connectivity index (χ1n) is 8.57. The van der Waals surface area contributed by atoms with E-state index in [9.17, 15) is 19.2 Å². The number of carbonyl (C=O) groups is 4. The van der Waals surface area contributed by atoms with Crippen LogP contribution in [0.3, 0.4) is 0 Å². The van der Waals surface area contributed by atoms with E-state index in [0.717, 1.165) is 5.56 Å². The average Bonchev–Trinajstić information content (AvgIpc) is 2.61. The van der Waals surface area contributed by atoms with Crippen LogP contribution in [-0.2, 0) is 49.6 Å². The Morgan fingerprint density at radius 1 is 0.655 bits per heavy atom. The van der Waals surface area contributed by atoms with Crippen LogP contribution in [0.4, 0.5) is 0 Å². The predicted octanol–water partition coefficient (Wildman–Crippen LogP) is 1.97. The highest BCUT2D eigenvalue weighted by Gasteiger charge is 2.05. The summed E-state index contributed by atoms with van der Waals surface area (Å²) in [6.45, 7) is 0. The van der Waals surface area contributed by atoms with Crippen molar-refractivity contribution < 1.29 is 39.2 Å². The maximum atomic E-state index is 11.0. The van der Waals surface area contributed by atoms with Crippen molar-refractivity contribution in [2.75, 3.05) is 7.11 Å². The van der Waals surface area contributed by atoms with Gasteiger partial charge in [0.25, 0.3) is 0 Å². The molecule has 8 heteroatoms. The van der Waals surface area contributed by atoms with Gasteiger partial charge in [0.2, 0.25) is 0 Å². The highest BCUT2D eigenvalue weighted by atomic mass is 16.5. The van der Waals surface area contributed by atoms with Gasteiger partial charge in [0, 0.05) is 0 Å². The Morgan fingerprint density at radius 3 is 1.24 bits per heavy atom. The Kier molecular flexibility index (Phi) is 9.60. The number of rotatable bonds is 8. The molecule has 0 spiro atoms. The van der Waals surface area contributed by atoms with E-state index in [0.29, 0.717) is 16.7 Å². The molecule has 8 nitrogen and oxygen atoms in total. The summed E-state index contributed by atoms with van der Waals surface area (Å²) in [5, 5.41) is 25.6. The molecule has 154 valence electrons. The molecule has 2 aromatic carbocycles. The molecule has 0 saturated carbocycles. The number of aliphatic carboxylic acids is 3. The van der Waals surface area contributed by atoms with Gasteiger partial charge in [0.1, 0.15) is 0 Å². The number of hydrogen-bond acceptors (Lipinski definition) is 5. The first-order chi connectivity index (χ1) is 13.7. The van der Waals surface area contributed by atoms with E-state index in [-0.39, 0.29) is 31.7 Å². The Morgan fingerprint density at radius 2 is 0.966 bits per heavy atom. The number of methoxy groups -OCH3 is 1. The maximum Gasteiger partial charge on any atom is 0.309 e. The molecular weight excluding hydrogens is 380 g/mol. The largest absolute Gasteiger partial charge is 0.481 e. The normalized spacial score (nSPS) is 9.69. The van der Waals surface area contributed by atoms with Crippen molar-refractivity contribution in [2.45, 2.75) is 25.7 Å². The third-order valence-corrected chi connectivity index (χ3v) is 3.62. The topological polar surface area (TPSA) is 138 Å². The minimum absolute atomic E-state index is 0.0327. The summed E-state index contributed by atoms with van der Waals surface area (Å²) in [6, 6.07) is 13.5. The summed E-state index contributed by atoms with van der Waals surface area (Å²) < 4.78 is 4.52. The summed E-state index contributed by atoms with van der Waals surface area (Å²) >= 11 is 0. The number of ether oxygens (including phenoxy) is 1. The molecule has 3 N–H and O–H groups in total.